The van der Waals surface area contributed by atoms with Gasteiger partial charge >= 0.3 is 5.69 Å². The first-order chi connectivity index (χ1) is 17.6. The largest absolute Gasteiger partial charge is 0.493 e. The van der Waals surface area contributed by atoms with Crippen LogP contribution in [0.1, 0.15) is 44.7 Å². The Labute approximate surface area is 222 Å². The van der Waals surface area contributed by atoms with Gasteiger partial charge in [0.25, 0.3) is 0 Å². The van der Waals surface area contributed by atoms with Crippen molar-refractivity contribution < 1.29 is 13.9 Å². The predicted molar refractivity (Wildman–Crippen MR) is 152 cm³/mol. The van der Waals surface area contributed by atoms with Crippen LogP contribution in [0, 0.1) is 0 Å². The summed E-state index contributed by atoms with van der Waals surface area (Å²) in [6.45, 7) is 15.9. The summed E-state index contributed by atoms with van der Waals surface area (Å²) in [5.74, 6) is 1.57. The van der Waals surface area contributed by atoms with Crippen LogP contribution in [0.25, 0.3) is 11.0 Å². The smallest absolute Gasteiger partial charge is 0.329 e. The molecule has 0 radical (unpaired) electrons. The summed E-state index contributed by atoms with van der Waals surface area (Å²) in [6, 6.07) is 12.3. The molecule has 4 rings (SSSR count). The molecule has 1 aliphatic rings. The van der Waals surface area contributed by atoms with Crippen molar-refractivity contribution in [3.8, 4) is 11.5 Å². The van der Waals surface area contributed by atoms with E-state index >= 15 is 0 Å². The molecule has 3 aromatic rings. The quantitative estimate of drug-likeness (QED) is 0.240. The molecule has 0 amide bonds. The average molecular weight is 526 g/mol. The first kappa shape index (κ1) is 27.5. The van der Waals surface area contributed by atoms with E-state index in [1.807, 2.05) is 27.3 Å². The molecule has 1 aromatic heterocycles. The number of methoxy groups -OCH3 is 2. The second-order valence-electron chi connectivity index (χ2n) is 11.6. The molecule has 0 atom stereocenters. The van der Waals surface area contributed by atoms with Crippen molar-refractivity contribution in [2.75, 3.05) is 27.4 Å². The van der Waals surface area contributed by atoms with E-state index in [1.165, 1.54) is 11.1 Å². The molecule has 2 aromatic carbocycles. The molecule has 1 aliphatic heterocycles. The fraction of sp³-hybridized carbons (Fsp3) is 0.552. The molecule has 0 aliphatic carbocycles. The standard InChI is InChI=1S/C29H43N3O4Si/c1-29(2,3)37(6,7)36-17-16-32-25-13-9-8-12-24(25)31(28(32)33)15-11-10-14-30-20-22-18-26(34-4)27(35-5)19-23(22)21-30/h8-9,12-13,18-19H,10-11,14-17,20-21H2,1-7H3. The van der Waals surface area contributed by atoms with E-state index in [9.17, 15) is 4.79 Å². The van der Waals surface area contributed by atoms with E-state index in [0.29, 0.717) is 13.2 Å². The molecule has 202 valence electrons. The van der Waals surface area contributed by atoms with Crippen molar-refractivity contribution >= 4 is 19.4 Å². The molecular formula is C29H43N3O4Si. The van der Waals surface area contributed by atoms with Crippen molar-refractivity contribution in [3.05, 3.63) is 58.0 Å². The van der Waals surface area contributed by atoms with Crippen molar-refractivity contribution in [2.45, 2.75) is 77.9 Å². The highest BCUT2D eigenvalue weighted by Crippen LogP contribution is 2.37. The summed E-state index contributed by atoms with van der Waals surface area (Å²) in [5, 5.41) is 0.154. The molecule has 0 spiro atoms. The number of imidazole rings is 1. The van der Waals surface area contributed by atoms with E-state index in [1.54, 1.807) is 14.2 Å². The van der Waals surface area contributed by atoms with Gasteiger partial charge in [-0.2, -0.15) is 0 Å². The number of para-hydroxylation sites is 2. The Morgan fingerprint density at radius 1 is 0.838 bits per heavy atom. The van der Waals surface area contributed by atoms with Gasteiger partial charge in [-0.25, -0.2) is 4.79 Å². The number of rotatable bonds is 11. The predicted octanol–water partition coefficient (Wildman–Crippen LogP) is 5.64. The number of benzene rings is 2. The van der Waals surface area contributed by atoms with Crippen LogP contribution in [-0.4, -0.2) is 49.7 Å². The summed E-state index contributed by atoms with van der Waals surface area (Å²) < 4.78 is 21.1. The van der Waals surface area contributed by atoms with Gasteiger partial charge < -0.3 is 13.9 Å². The fourth-order valence-electron chi connectivity index (χ4n) is 4.87. The molecule has 0 saturated heterocycles. The molecular weight excluding hydrogens is 482 g/mol. The average Bonchev–Trinajstić information content (AvgIpc) is 3.37. The fourth-order valence-corrected chi connectivity index (χ4v) is 5.91. The third kappa shape index (κ3) is 5.81. The van der Waals surface area contributed by atoms with Crippen LogP contribution in [0.5, 0.6) is 11.5 Å². The van der Waals surface area contributed by atoms with Crippen molar-refractivity contribution in [1.29, 1.82) is 0 Å². The Kier molecular flexibility index (Phi) is 8.21. The van der Waals surface area contributed by atoms with E-state index in [-0.39, 0.29) is 10.7 Å². The second-order valence-corrected chi connectivity index (χ2v) is 16.4. The number of hydrogen-bond acceptors (Lipinski definition) is 5. The Hall–Kier alpha value is -2.55. The lowest BCUT2D eigenvalue weighted by Crippen LogP contribution is -2.41. The number of aromatic nitrogens is 2. The van der Waals surface area contributed by atoms with Crippen LogP contribution in [-0.2, 0) is 30.6 Å². The van der Waals surface area contributed by atoms with Crippen LogP contribution in [0.3, 0.4) is 0 Å². The number of nitrogens with zero attached hydrogens (tertiary/aromatic N) is 3. The third-order valence-corrected chi connectivity index (χ3v) is 12.6. The molecule has 0 unspecified atom stereocenters. The zero-order chi connectivity index (χ0) is 26.8. The Bertz CT molecular complexity index is 1260. The van der Waals surface area contributed by atoms with E-state index < -0.39 is 8.32 Å². The minimum atomic E-state index is -1.85. The first-order valence-corrected chi connectivity index (χ1v) is 16.2. The summed E-state index contributed by atoms with van der Waals surface area (Å²) in [4.78, 5) is 15.9. The van der Waals surface area contributed by atoms with Gasteiger partial charge in [0.15, 0.2) is 19.8 Å². The highest BCUT2D eigenvalue weighted by Gasteiger charge is 2.37. The zero-order valence-corrected chi connectivity index (χ0v) is 24.6. The topological polar surface area (TPSA) is 57.9 Å². The maximum Gasteiger partial charge on any atom is 0.329 e. The Morgan fingerprint density at radius 3 is 1.86 bits per heavy atom. The lowest BCUT2D eigenvalue weighted by molar-refractivity contribution is 0.270. The maximum absolute atomic E-state index is 13.4. The number of ether oxygens (including phenoxy) is 2. The number of fused-ring (bicyclic) bond motifs is 2. The lowest BCUT2D eigenvalue weighted by Gasteiger charge is -2.36. The van der Waals surface area contributed by atoms with E-state index in [2.05, 4.69) is 57.0 Å². The first-order valence-electron chi connectivity index (χ1n) is 13.3. The number of aryl methyl sites for hydroxylation is 1. The van der Waals surface area contributed by atoms with E-state index in [4.69, 9.17) is 13.9 Å². The highest BCUT2D eigenvalue weighted by atomic mass is 28.4. The van der Waals surface area contributed by atoms with Gasteiger partial charge in [0.2, 0.25) is 0 Å². The molecule has 0 saturated carbocycles. The van der Waals surface area contributed by atoms with Crippen LogP contribution in [0.2, 0.25) is 18.1 Å². The molecule has 2 heterocycles. The summed E-state index contributed by atoms with van der Waals surface area (Å²) in [7, 11) is 1.50. The van der Waals surface area contributed by atoms with Gasteiger partial charge in [0, 0.05) is 26.2 Å². The zero-order valence-electron chi connectivity index (χ0n) is 23.6. The van der Waals surface area contributed by atoms with Crippen LogP contribution in [0.15, 0.2) is 41.2 Å². The third-order valence-electron chi connectivity index (χ3n) is 8.11. The number of unbranched alkanes of at least 4 members (excludes halogenated alkanes) is 1. The van der Waals surface area contributed by atoms with Gasteiger partial charge in [-0.05, 0) is 72.9 Å². The monoisotopic (exact) mass is 525 g/mol. The maximum atomic E-state index is 13.4. The SMILES string of the molecule is COc1cc2c(cc1OC)CN(CCCCn1c(=O)n(CCO[Si](C)(C)C(C)(C)C)c3ccccc31)C2. The summed E-state index contributed by atoms with van der Waals surface area (Å²) in [6.07, 6.45) is 1.98. The Morgan fingerprint density at radius 2 is 1.35 bits per heavy atom. The minimum Gasteiger partial charge on any atom is -0.493 e. The van der Waals surface area contributed by atoms with Crippen molar-refractivity contribution in [2.24, 2.45) is 0 Å². The van der Waals surface area contributed by atoms with Gasteiger partial charge in [-0.3, -0.25) is 14.0 Å². The van der Waals surface area contributed by atoms with Crippen LogP contribution in [0.4, 0.5) is 0 Å². The molecule has 0 bridgehead atoms. The lowest BCUT2D eigenvalue weighted by atomic mass is 10.1. The highest BCUT2D eigenvalue weighted by molar-refractivity contribution is 6.74. The van der Waals surface area contributed by atoms with Gasteiger partial charge in [-0.1, -0.05) is 32.9 Å². The number of hydrogen-bond donors (Lipinski definition) is 0. The van der Waals surface area contributed by atoms with E-state index in [0.717, 1.165) is 61.6 Å². The molecule has 7 nitrogen and oxygen atoms in total. The van der Waals surface area contributed by atoms with Crippen LogP contribution >= 0.6 is 0 Å². The minimum absolute atomic E-state index is 0.0628. The van der Waals surface area contributed by atoms with Crippen molar-refractivity contribution in [3.63, 3.8) is 0 Å². The van der Waals surface area contributed by atoms with Gasteiger partial charge in [0.05, 0.1) is 31.9 Å². The Balaban J connectivity index is 1.36. The molecule has 0 N–H and O–H groups in total. The van der Waals surface area contributed by atoms with Gasteiger partial charge in [-0.15, -0.1) is 0 Å². The van der Waals surface area contributed by atoms with Crippen LogP contribution < -0.4 is 15.2 Å². The molecule has 37 heavy (non-hydrogen) atoms. The molecule has 8 heteroatoms. The molecule has 0 fully saturated rings. The summed E-state index contributed by atoms with van der Waals surface area (Å²) >= 11 is 0. The second kappa shape index (κ2) is 11.1. The van der Waals surface area contributed by atoms with Crippen molar-refractivity contribution in [1.82, 2.24) is 14.0 Å². The summed E-state index contributed by atoms with van der Waals surface area (Å²) in [5.41, 5.74) is 4.67. The van der Waals surface area contributed by atoms with Gasteiger partial charge in [0.1, 0.15) is 0 Å². The normalized spacial score (nSPS) is 14.4.